The summed E-state index contributed by atoms with van der Waals surface area (Å²) in [5.74, 6) is -0.643. The highest BCUT2D eigenvalue weighted by molar-refractivity contribution is 5.92. The van der Waals surface area contributed by atoms with E-state index in [9.17, 15) is 14.0 Å². The second kappa shape index (κ2) is 6.73. The van der Waals surface area contributed by atoms with Crippen LogP contribution in [0.4, 0.5) is 4.39 Å². The van der Waals surface area contributed by atoms with Crippen molar-refractivity contribution in [1.82, 2.24) is 15.1 Å². The van der Waals surface area contributed by atoms with Crippen molar-refractivity contribution in [2.75, 3.05) is 0 Å². The summed E-state index contributed by atoms with van der Waals surface area (Å²) in [5, 5.41) is 7.05. The van der Waals surface area contributed by atoms with Gasteiger partial charge in [-0.1, -0.05) is 25.0 Å². The molecule has 0 atom stereocenters. The van der Waals surface area contributed by atoms with Crippen LogP contribution in [0.15, 0.2) is 41.2 Å². The van der Waals surface area contributed by atoms with Crippen LogP contribution in [0.5, 0.6) is 0 Å². The van der Waals surface area contributed by atoms with Crippen LogP contribution in [0.1, 0.15) is 41.7 Å². The number of nitrogens with zero attached hydrogens (tertiary/aromatic N) is 2. The van der Waals surface area contributed by atoms with Gasteiger partial charge in [0, 0.05) is 12.1 Å². The molecule has 6 heteroatoms. The van der Waals surface area contributed by atoms with Crippen LogP contribution in [0.25, 0.3) is 0 Å². The number of carbonyl (C=O) groups is 1. The van der Waals surface area contributed by atoms with E-state index in [2.05, 4.69) is 10.4 Å². The van der Waals surface area contributed by atoms with E-state index in [0.29, 0.717) is 5.56 Å². The van der Waals surface area contributed by atoms with Crippen LogP contribution in [-0.2, 0) is 6.54 Å². The minimum absolute atomic E-state index is 0.126. The topological polar surface area (TPSA) is 64.0 Å². The van der Waals surface area contributed by atoms with Crippen LogP contribution in [0.3, 0.4) is 0 Å². The summed E-state index contributed by atoms with van der Waals surface area (Å²) in [6.07, 6.45) is 4.21. The third kappa shape index (κ3) is 3.83. The molecule has 1 heterocycles. The monoisotopic (exact) mass is 315 g/mol. The minimum Gasteiger partial charge on any atom is -0.348 e. The molecule has 2 aromatic rings. The average molecular weight is 315 g/mol. The van der Waals surface area contributed by atoms with Gasteiger partial charge in [0.2, 0.25) is 0 Å². The molecule has 0 radical (unpaired) electrons. The van der Waals surface area contributed by atoms with Gasteiger partial charge in [0.25, 0.3) is 11.5 Å². The fourth-order valence-corrected chi connectivity index (χ4v) is 2.82. The zero-order valence-corrected chi connectivity index (χ0v) is 12.7. The van der Waals surface area contributed by atoms with Crippen molar-refractivity contribution < 1.29 is 9.18 Å². The van der Waals surface area contributed by atoms with E-state index < -0.39 is 0 Å². The molecule has 120 valence electrons. The van der Waals surface area contributed by atoms with Gasteiger partial charge in [0.1, 0.15) is 11.5 Å². The number of rotatable bonds is 4. The third-order valence-electron chi connectivity index (χ3n) is 4.01. The Kier molecular flexibility index (Phi) is 4.50. The summed E-state index contributed by atoms with van der Waals surface area (Å²) in [6.45, 7) is 0.126. The highest BCUT2D eigenvalue weighted by Crippen LogP contribution is 2.17. The van der Waals surface area contributed by atoms with E-state index in [1.165, 1.54) is 28.9 Å². The fourth-order valence-electron chi connectivity index (χ4n) is 2.82. The maximum Gasteiger partial charge on any atom is 0.271 e. The Labute approximate surface area is 133 Å². The lowest BCUT2D eigenvalue weighted by atomic mass is 10.2. The van der Waals surface area contributed by atoms with E-state index in [-0.39, 0.29) is 35.6 Å². The molecular formula is C17H18FN3O2. The number of carbonyl (C=O) groups excluding carboxylic acids is 1. The van der Waals surface area contributed by atoms with Crippen molar-refractivity contribution in [3.05, 3.63) is 63.8 Å². The number of halogens is 1. The molecular weight excluding hydrogens is 297 g/mol. The molecule has 0 bridgehead atoms. The van der Waals surface area contributed by atoms with Crippen LogP contribution in [-0.4, -0.2) is 21.7 Å². The van der Waals surface area contributed by atoms with Crippen LogP contribution < -0.4 is 10.9 Å². The molecule has 0 unspecified atom stereocenters. The Bertz CT molecular complexity index is 766. The molecule has 1 aromatic carbocycles. The largest absolute Gasteiger partial charge is 0.348 e. The second-order valence-electron chi connectivity index (χ2n) is 5.80. The SMILES string of the molecule is O=C(NC1CCCC1)c1ccc(=O)n(Cc2cccc(F)c2)n1. The first kappa shape index (κ1) is 15.4. The van der Waals surface area contributed by atoms with Gasteiger partial charge in [-0.2, -0.15) is 5.10 Å². The van der Waals surface area contributed by atoms with Crippen LogP contribution in [0, 0.1) is 5.82 Å². The van der Waals surface area contributed by atoms with E-state index in [0.717, 1.165) is 25.7 Å². The Morgan fingerprint density at radius 1 is 1.26 bits per heavy atom. The number of aromatic nitrogens is 2. The van der Waals surface area contributed by atoms with Gasteiger partial charge in [0.05, 0.1) is 6.54 Å². The van der Waals surface area contributed by atoms with Crippen LogP contribution >= 0.6 is 0 Å². The maximum atomic E-state index is 13.2. The minimum atomic E-state index is -0.370. The van der Waals surface area contributed by atoms with Gasteiger partial charge in [-0.25, -0.2) is 9.07 Å². The summed E-state index contributed by atoms with van der Waals surface area (Å²) in [7, 11) is 0. The van der Waals surface area contributed by atoms with Gasteiger partial charge in [-0.05, 0) is 36.6 Å². The average Bonchev–Trinajstić information content (AvgIpc) is 3.02. The van der Waals surface area contributed by atoms with E-state index >= 15 is 0 Å². The molecule has 1 aliphatic rings. The number of benzene rings is 1. The predicted octanol–water partition coefficient (Wildman–Crippen LogP) is 2.10. The van der Waals surface area contributed by atoms with Crippen molar-refractivity contribution in [2.45, 2.75) is 38.3 Å². The number of hydrogen-bond donors (Lipinski definition) is 1. The smallest absolute Gasteiger partial charge is 0.271 e. The summed E-state index contributed by atoms with van der Waals surface area (Å²) in [5.41, 5.74) is 0.493. The lowest BCUT2D eigenvalue weighted by molar-refractivity contribution is 0.0930. The Hall–Kier alpha value is -2.50. The molecule has 1 aromatic heterocycles. The quantitative estimate of drug-likeness (QED) is 0.940. The molecule has 0 saturated heterocycles. The molecule has 1 amide bonds. The highest BCUT2D eigenvalue weighted by Gasteiger charge is 2.19. The van der Waals surface area contributed by atoms with Gasteiger partial charge >= 0.3 is 0 Å². The van der Waals surface area contributed by atoms with Gasteiger partial charge in [-0.3, -0.25) is 9.59 Å². The van der Waals surface area contributed by atoms with Crippen molar-refractivity contribution >= 4 is 5.91 Å². The summed E-state index contributed by atoms with van der Waals surface area (Å²) < 4.78 is 14.4. The first-order chi connectivity index (χ1) is 11.1. The zero-order chi connectivity index (χ0) is 16.2. The van der Waals surface area contributed by atoms with Gasteiger partial charge < -0.3 is 5.32 Å². The van der Waals surface area contributed by atoms with Crippen molar-refractivity contribution in [3.8, 4) is 0 Å². The van der Waals surface area contributed by atoms with Crippen molar-refractivity contribution in [1.29, 1.82) is 0 Å². The normalized spacial score (nSPS) is 14.8. The number of nitrogens with one attached hydrogen (secondary N) is 1. The third-order valence-corrected chi connectivity index (χ3v) is 4.01. The first-order valence-electron chi connectivity index (χ1n) is 7.75. The van der Waals surface area contributed by atoms with Gasteiger partial charge in [0.15, 0.2) is 0 Å². The lowest BCUT2D eigenvalue weighted by Crippen LogP contribution is -2.35. The van der Waals surface area contributed by atoms with Crippen LogP contribution in [0.2, 0.25) is 0 Å². The molecule has 1 N–H and O–H groups in total. The molecule has 3 rings (SSSR count). The molecule has 5 nitrogen and oxygen atoms in total. The molecule has 0 aliphatic heterocycles. The second-order valence-corrected chi connectivity index (χ2v) is 5.80. The zero-order valence-electron chi connectivity index (χ0n) is 12.7. The predicted molar refractivity (Wildman–Crippen MR) is 83.7 cm³/mol. The Balaban J connectivity index is 1.78. The number of hydrogen-bond acceptors (Lipinski definition) is 3. The first-order valence-corrected chi connectivity index (χ1v) is 7.75. The van der Waals surface area contributed by atoms with E-state index in [1.54, 1.807) is 12.1 Å². The van der Waals surface area contributed by atoms with E-state index in [1.807, 2.05) is 0 Å². The molecule has 1 saturated carbocycles. The summed E-state index contributed by atoms with van der Waals surface area (Å²) >= 11 is 0. The fraction of sp³-hybridized carbons (Fsp3) is 0.353. The summed E-state index contributed by atoms with van der Waals surface area (Å²) in [6, 6.07) is 8.90. The molecule has 0 spiro atoms. The van der Waals surface area contributed by atoms with Crippen molar-refractivity contribution in [2.24, 2.45) is 0 Å². The standard InChI is InChI=1S/C17H18FN3O2/c18-13-5-3-4-12(10-13)11-21-16(22)9-8-15(20-21)17(23)19-14-6-1-2-7-14/h3-5,8-10,14H,1-2,6-7,11H2,(H,19,23). The Morgan fingerprint density at radius 3 is 2.78 bits per heavy atom. The van der Waals surface area contributed by atoms with Gasteiger partial charge in [-0.15, -0.1) is 0 Å². The Morgan fingerprint density at radius 2 is 2.04 bits per heavy atom. The van der Waals surface area contributed by atoms with Crippen molar-refractivity contribution in [3.63, 3.8) is 0 Å². The van der Waals surface area contributed by atoms with E-state index in [4.69, 9.17) is 0 Å². The highest BCUT2D eigenvalue weighted by atomic mass is 19.1. The number of amides is 1. The molecule has 1 aliphatic carbocycles. The molecule has 23 heavy (non-hydrogen) atoms. The summed E-state index contributed by atoms with van der Waals surface area (Å²) in [4.78, 5) is 24.1. The lowest BCUT2D eigenvalue weighted by Gasteiger charge is -2.12. The maximum absolute atomic E-state index is 13.2. The molecule has 1 fully saturated rings.